The molecule has 26 heavy (non-hydrogen) atoms. The summed E-state index contributed by atoms with van der Waals surface area (Å²) in [4.78, 5) is 24.1. The van der Waals surface area contributed by atoms with Crippen LogP contribution in [0.2, 0.25) is 5.02 Å². The van der Waals surface area contributed by atoms with Gasteiger partial charge in [0, 0.05) is 10.6 Å². The van der Waals surface area contributed by atoms with E-state index < -0.39 is 5.91 Å². The predicted octanol–water partition coefficient (Wildman–Crippen LogP) is 3.02. The highest BCUT2D eigenvalue weighted by Crippen LogP contribution is 2.55. The molecular weight excluding hydrogens is 354 g/mol. The van der Waals surface area contributed by atoms with Gasteiger partial charge in [0.2, 0.25) is 0 Å². The molecule has 7 heteroatoms. The Balaban J connectivity index is 1.21. The van der Waals surface area contributed by atoms with Crippen molar-refractivity contribution in [3.63, 3.8) is 0 Å². The van der Waals surface area contributed by atoms with Gasteiger partial charge in [-0.25, -0.2) is 10.2 Å². The van der Waals surface area contributed by atoms with E-state index in [1.54, 1.807) is 24.3 Å². The van der Waals surface area contributed by atoms with E-state index in [0.29, 0.717) is 10.8 Å². The molecule has 4 fully saturated rings. The van der Waals surface area contributed by atoms with E-state index >= 15 is 0 Å². The minimum atomic E-state index is -0.416. The number of nitrogens with one attached hydrogen (secondary N) is 3. The van der Waals surface area contributed by atoms with Gasteiger partial charge in [0.25, 0.3) is 5.91 Å². The van der Waals surface area contributed by atoms with Crippen LogP contribution in [0.3, 0.4) is 0 Å². The zero-order chi connectivity index (χ0) is 18.1. The van der Waals surface area contributed by atoms with Crippen LogP contribution in [0.25, 0.3) is 0 Å². The van der Waals surface area contributed by atoms with E-state index in [9.17, 15) is 9.59 Å². The first-order chi connectivity index (χ1) is 12.5. The van der Waals surface area contributed by atoms with Gasteiger partial charge in [-0.1, -0.05) is 11.6 Å². The molecule has 0 heterocycles. The second kappa shape index (κ2) is 6.99. The molecule has 1 aromatic carbocycles. The maximum absolute atomic E-state index is 12.3. The topological polar surface area (TPSA) is 79.5 Å². The Hall–Kier alpha value is -1.95. The normalized spacial score (nSPS) is 31.3. The number of benzene rings is 1. The zero-order valence-electron chi connectivity index (χ0n) is 14.6. The van der Waals surface area contributed by atoms with E-state index in [2.05, 4.69) is 16.2 Å². The SMILES string of the molecule is O=C(COc1ccc(Cl)cc1)NNC(=O)NC12CC3CC(CC(C3)C1)C2. The van der Waals surface area contributed by atoms with Crippen molar-refractivity contribution >= 4 is 23.5 Å². The number of carbonyl (C=O) groups excluding carboxylic acids is 2. The third kappa shape index (κ3) is 3.90. The molecular formula is C19H24ClN3O3. The average molecular weight is 378 g/mol. The van der Waals surface area contributed by atoms with Crippen molar-refractivity contribution < 1.29 is 14.3 Å². The summed E-state index contributed by atoms with van der Waals surface area (Å²) in [5.41, 5.74) is 4.77. The van der Waals surface area contributed by atoms with Crippen LogP contribution in [0.1, 0.15) is 38.5 Å². The second-order valence-electron chi connectivity index (χ2n) is 8.07. The summed E-state index contributed by atoms with van der Waals surface area (Å²) in [7, 11) is 0. The van der Waals surface area contributed by atoms with Crippen molar-refractivity contribution in [2.24, 2.45) is 17.8 Å². The van der Waals surface area contributed by atoms with Gasteiger partial charge in [0.15, 0.2) is 6.61 Å². The first-order valence-electron chi connectivity index (χ1n) is 9.25. The predicted molar refractivity (Wildman–Crippen MR) is 97.7 cm³/mol. The second-order valence-corrected chi connectivity index (χ2v) is 8.50. The lowest BCUT2D eigenvalue weighted by Crippen LogP contribution is -2.63. The molecule has 0 unspecified atom stereocenters. The molecule has 0 aliphatic heterocycles. The molecule has 4 saturated carbocycles. The van der Waals surface area contributed by atoms with E-state index in [1.165, 1.54) is 19.3 Å². The highest BCUT2D eigenvalue weighted by atomic mass is 35.5. The van der Waals surface area contributed by atoms with E-state index in [-0.39, 0.29) is 18.2 Å². The van der Waals surface area contributed by atoms with Crippen molar-refractivity contribution in [3.05, 3.63) is 29.3 Å². The number of rotatable bonds is 4. The van der Waals surface area contributed by atoms with Gasteiger partial charge in [-0.05, 0) is 80.5 Å². The third-order valence-corrected chi connectivity index (χ3v) is 6.17. The molecule has 3 amide bonds. The summed E-state index contributed by atoms with van der Waals surface area (Å²) < 4.78 is 5.35. The molecule has 140 valence electrons. The summed E-state index contributed by atoms with van der Waals surface area (Å²) >= 11 is 5.80. The number of carbonyl (C=O) groups is 2. The van der Waals surface area contributed by atoms with Gasteiger partial charge in [-0.2, -0.15) is 0 Å². The standard InChI is InChI=1S/C19H24ClN3O3/c20-15-1-3-16(4-2-15)26-11-17(24)22-23-18(25)21-19-8-12-5-13(9-19)7-14(6-12)10-19/h1-4,12-14H,5-11H2,(H,22,24)(H2,21,23,25). The number of ether oxygens (including phenoxy) is 1. The fraction of sp³-hybridized carbons (Fsp3) is 0.579. The van der Waals surface area contributed by atoms with Crippen LogP contribution in [0.5, 0.6) is 5.75 Å². The van der Waals surface area contributed by atoms with Crippen LogP contribution in [-0.2, 0) is 4.79 Å². The Labute approximate surface area is 158 Å². The molecule has 0 radical (unpaired) electrons. The molecule has 4 aliphatic carbocycles. The highest BCUT2D eigenvalue weighted by Gasteiger charge is 2.51. The van der Waals surface area contributed by atoms with Crippen LogP contribution >= 0.6 is 11.6 Å². The summed E-state index contributed by atoms with van der Waals surface area (Å²) in [5, 5.41) is 3.74. The quantitative estimate of drug-likeness (QED) is 0.705. The zero-order valence-corrected chi connectivity index (χ0v) is 15.3. The first kappa shape index (κ1) is 17.5. The largest absolute Gasteiger partial charge is 0.484 e. The van der Waals surface area contributed by atoms with Gasteiger partial charge in [0.05, 0.1) is 0 Å². The van der Waals surface area contributed by atoms with Gasteiger partial charge in [-0.3, -0.25) is 10.2 Å². The molecule has 6 nitrogen and oxygen atoms in total. The maximum atomic E-state index is 12.3. The number of hydrazine groups is 1. The monoisotopic (exact) mass is 377 g/mol. The molecule has 4 bridgehead atoms. The molecule has 1 aromatic rings. The smallest absolute Gasteiger partial charge is 0.333 e. The number of hydrogen-bond acceptors (Lipinski definition) is 3. The Bertz CT molecular complexity index is 656. The molecule has 5 rings (SSSR count). The van der Waals surface area contributed by atoms with Crippen LogP contribution in [-0.4, -0.2) is 24.1 Å². The van der Waals surface area contributed by atoms with Crippen LogP contribution in [0.15, 0.2) is 24.3 Å². The molecule has 4 aliphatic rings. The van der Waals surface area contributed by atoms with Gasteiger partial charge >= 0.3 is 6.03 Å². The van der Waals surface area contributed by atoms with Crippen molar-refractivity contribution in [2.75, 3.05) is 6.61 Å². The maximum Gasteiger partial charge on any atom is 0.333 e. The summed E-state index contributed by atoms with van der Waals surface area (Å²) in [5.74, 6) is 2.39. The van der Waals surface area contributed by atoms with Crippen LogP contribution < -0.4 is 20.9 Å². The number of hydrogen-bond donors (Lipinski definition) is 3. The summed E-state index contributed by atoms with van der Waals surface area (Å²) in [6.45, 7) is -0.181. The fourth-order valence-electron chi connectivity index (χ4n) is 5.38. The van der Waals surface area contributed by atoms with Crippen molar-refractivity contribution in [1.82, 2.24) is 16.2 Å². The summed E-state index contributed by atoms with van der Waals surface area (Å²) in [6.07, 6.45) is 7.17. The highest BCUT2D eigenvalue weighted by molar-refractivity contribution is 6.30. The van der Waals surface area contributed by atoms with Gasteiger partial charge < -0.3 is 10.1 Å². The fourth-order valence-corrected chi connectivity index (χ4v) is 5.50. The third-order valence-electron chi connectivity index (χ3n) is 5.92. The van der Waals surface area contributed by atoms with Crippen LogP contribution in [0.4, 0.5) is 4.79 Å². The Kier molecular flexibility index (Phi) is 4.69. The molecule has 0 aromatic heterocycles. The van der Waals surface area contributed by atoms with E-state index in [4.69, 9.17) is 16.3 Å². The minimum Gasteiger partial charge on any atom is -0.484 e. The van der Waals surface area contributed by atoms with E-state index in [1.807, 2.05) is 0 Å². The van der Waals surface area contributed by atoms with Gasteiger partial charge in [0.1, 0.15) is 5.75 Å². The Morgan fingerprint density at radius 2 is 1.58 bits per heavy atom. The number of urea groups is 1. The van der Waals surface area contributed by atoms with Gasteiger partial charge in [-0.15, -0.1) is 0 Å². The Morgan fingerprint density at radius 1 is 1.00 bits per heavy atom. The minimum absolute atomic E-state index is 0.0800. The lowest BCUT2D eigenvalue weighted by molar-refractivity contribution is -0.123. The lowest BCUT2D eigenvalue weighted by atomic mass is 9.53. The molecule has 0 saturated heterocycles. The van der Waals surface area contributed by atoms with Crippen molar-refractivity contribution in [3.8, 4) is 5.75 Å². The number of halogens is 1. The van der Waals surface area contributed by atoms with Crippen molar-refractivity contribution in [2.45, 2.75) is 44.1 Å². The Morgan fingerprint density at radius 3 is 2.15 bits per heavy atom. The van der Waals surface area contributed by atoms with Crippen LogP contribution in [0, 0.1) is 17.8 Å². The van der Waals surface area contributed by atoms with E-state index in [0.717, 1.165) is 37.0 Å². The first-order valence-corrected chi connectivity index (χ1v) is 9.63. The number of amides is 3. The van der Waals surface area contributed by atoms with Crippen molar-refractivity contribution in [1.29, 1.82) is 0 Å². The average Bonchev–Trinajstić information content (AvgIpc) is 2.58. The lowest BCUT2D eigenvalue weighted by Gasteiger charge is -2.56. The molecule has 0 atom stereocenters. The molecule has 3 N–H and O–H groups in total. The molecule has 0 spiro atoms. The summed E-state index contributed by atoms with van der Waals surface area (Å²) in [6, 6.07) is 6.40.